The van der Waals surface area contributed by atoms with Crippen molar-refractivity contribution in [2.24, 2.45) is 5.41 Å². The summed E-state index contributed by atoms with van der Waals surface area (Å²) in [7, 11) is 1.72. The first-order valence-electron chi connectivity index (χ1n) is 6.43. The highest BCUT2D eigenvalue weighted by Gasteiger charge is 2.25. The molecule has 0 atom stereocenters. The number of nitrogens with one attached hydrogen (secondary N) is 1. The van der Waals surface area contributed by atoms with Crippen LogP contribution in [-0.2, 0) is 9.59 Å². The van der Waals surface area contributed by atoms with Gasteiger partial charge in [0.15, 0.2) is 0 Å². The predicted octanol–water partition coefficient (Wildman–Crippen LogP) is 3.04. The van der Waals surface area contributed by atoms with Crippen LogP contribution in [0.1, 0.15) is 34.1 Å². The van der Waals surface area contributed by atoms with Gasteiger partial charge in [0.25, 0.3) is 0 Å². The molecule has 1 rings (SSSR count). The molecule has 0 aromatic heterocycles. The smallest absolute Gasteiger partial charge is 0.230 e. The lowest BCUT2D eigenvalue weighted by molar-refractivity contribution is -0.124. The van der Waals surface area contributed by atoms with Crippen LogP contribution in [0.15, 0.2) is 24.3 Å². The van der Waals surface area contributed by atoms with Gasteiger partial charge in [-0.15, -0.1) is 0 Å². The highest BCUT2D eigenvalue weighted by Crippen LogP contribution is 2.23. The van der Waals surface area contributed by atoms with E-state index in [2.05, 4.69) is 5.32 Å². The van der Waals surface area contributed by atoms with Crippen LogP contribution in [0.2, 0.25) is 0 Å². The van der Waals surface area contributed by atoms with Crippen molar-refractivity contribution < 1.29 is 9.59 Å². The van der Waals surface area contributed by atoms with Crippen molar-refractivity contribution in [2.45, 2.75) is 34.1 Å². The molecule has 0 radical (unpaired) electrons. The Balaban J connectivity index is 2.78. The van der Waals surface area contributed by atoms with Crippen molar-refractivity contribution in [1.29, 1.82) is 0 Å². The van der Waals surface area contributed by atoms with Gasteiger partial charge in [-0.25, -0.2) is 0 Å². The van der Waals surface area contributed by atoms with Gasteiger partial charge in [0.05, 0.1) is 0 Å². The molecule has 4 heteroatoms. The molecule has 0 spiro atoms. The Kier molecular flexibility index (Phi) is 4.70. The molecular weight excluding hydrogens is 240 g/mol. The fourth-order valence-electron chi connectivity index (χ4n) is 1.41. The maximum Gasteiger partial charge on any atom is 0.230 e. The quantitative estimate of drug-likeness (QED) is 0.906. The number of rotatable bonds is 4. The van der Waals surface area contributed by atoms with Gasteiger partial charge >= 0.3 is 0 Å². The summed E-state index contributed by atoms with van der Waals surface area (Å²) in [5, 5.41) is 2.89. The van der Waals surface area contributed by atoms with E-state index in [9.17, 15) is 9.59 Å². The molecule has 0 bridgehead atoms. The average Bonchev–Trinajstić information content (AvgIpc) is 2.38. The molecule has 1 N–H and O–H groups in total. The molecule has 0 heterocycles. The molecule has 0 saturated heterocycles. The van der Waals surface area contributed by atoms with E-state index < -0.39 is 0 Å². The van der Waals surface area contributed by atoms with Crippen LogP contribution in [0.3, 0.4) is 0 Å². The third-order valence-electron chi connectivity index (χ3n) is 3.48. The first-order chi connectivity index (χ1) is 8.77. The zero-order valence-electron chi connectivity index (χ0n) is 12.3. The van der Waals surface area contributed by atoms with Crippen molar-refractivity contribution in [3.63, 3.8) is 0 Å². The van der Waals surface area contributed by atoms with Gasteiger partial charge in [0.1, 0.15) is 0 Å². The Morgan fingerprint density at radius 2 is 1.74 bits per heavy atom. The van der Waals surface area contributed by atoms with Crippen LogP contribution in [0.25, 0.3) is 0 Å². The van der Waals surface area contributed by atoms with Crippen LogP contribution in [-0.4, -0.2) is 18.9 Å². The molecule has 4 nitrogen and oxygen atoms in total. The second-order valence-electron chi connectivity index (χ2n) is 5.32. The minimum absolute atomic E-state index is 0.00247. The molecule has 0 aliphatic carbocycles. The van der Waals surface area contributed by atoms with E-state index >= 15 is 0 Å². The Bertz CT molecular complexity index is 464. The highest BCUT2D eigenvalue weighted by atomic mass is 16.2. The van der Waals surface area contributed by atoms with Crippen LogP contribution < -0.4 is 10.2 Å². The summed E-state index contributed by atoms with van der Waals surface area (Å²) in [5.74, 6) is -0.0217. The average molecular weight is 262 g/mol. The molecule has 104 valence electrons. The molecule has 0 aliphatic heterocycles. The Morgan fingerprint density at radius 3 is 2.16 bits per heavy atom. The van der Waals surface area contributed by atoms with E-state index in [1.807, 2.05) is 32.9 Å². The predicted molar refractivity (Wildman–Crippen MR) is 78.2 cm³/mol. The Morgan fingerprint density at radius 1 is 1.21 bits per heavy atom. The number of benzene rings is 1. The van der Waals surface area contributed by atoms with Crippen LogP contribution in [0.5, 0.6) is 0 Å². The molecule has 0 unspecified atom stereocenters. The zero-order valence-corrected chi connectivity index (χ0v) is 12.3. The summed E-state index contributed by atoms with van der Waals surface area (Å²) < 4.78 is 0. The van der Waals surface area contributed by atoms with Gasteiger partial charge in [0, 0.05) is 30.8 Å². The van der Waals surface area contributed by atoms with Crippen LogP contribution in [0.4, 0.5) is 11.4 Å². The summed E-state index contributed by atoms with van der Waals surface area (Å²) in [6.07, 6.45) is 0.782. The van der Waals surface area contributed by atoms with Crippen molar-refractivity contribution in [2.75, 3.05) is 17.3 Å². The molecule has 19 heavy (non-hydrogen) atoms. The lowest BCUT2D eigenvalue weighted by atomic mass is 9.89. The zero-order chi connectivity index (χ0) is 14.6. The van der Waals surface area contributed by atoms with E-state index in [1.54, 1.807) is 24.1 Å². The number of carbonyl (C=O) groups is 2. The summed E-state index contributed by atoms with van der Waals surface area (Å²) in [6.45, 7) is 7.34. The highest BCUT2D eigenvalue weighted by molar-refractivity contribution is 5.95. The second-order valence-corrected chi connectivity index (χ2v) is 5.32. The fourth-order valence-corrected chi connectivity index (χ4v) is 1.41. The van der Waals surface area contributed by atoms with E-state index in [4.69, 9.17) is 0 Å². The normalized spacial score (nSPS) is 11.0. The molecule has 1 aromatic carbocycles. The topological polar surface area (TPSA) is 49.4 Å². The minimum atomic E-state index is -0.380. The van der Waals surface area contributed by atoms with Gasteiger partial charge in [-0.1, -0.05) is 20.8 Å². The molecule has 0 fully saturated rings. The van der Waals surface area contributed by atoms with Crippen molar-refractivity contribution in [1.82, 2.24) is 0 Å². The van der Waals surface area contributed by atoms with Gasteiger partial charge in [0.2, 0.25) is 11.8 Å². The monoisotopic (exact) mass is 262 g/mol. The Hall–Kier alpha value is -1.84. The lowest BCUT2D eigenvalue weighted by Crippen LogP contribution is -2.30. The second kappa shape index (κ2) is 5.87. The van der Waals surface area contributed by atoms with Crippen LogP contribution >= 0.6 is 0 Å². The number of amides is 2. The van der Waals surface area contributed by atoms with Gasteiger partial charge in [-0.3, -0.25) is 9.59 Å². The van der Waals surface area contributed by atoms with E-state index in [0.29, 0.717) is 0 Å². The molecule has 0 saturated carbocycles. The first kappa shape index (κ1) is 15.2. The third kappa shape index (κ3) is 3.81. The van der Waals surface area contributed by atoms with Gasteiger partial charge in [-0.05, 0) is 30.7 Å². The number of nitrogens with zero attached hydrogens (tertiary/aromatic N) is 1. The Labute approximate surface area is 114 Å². The first-order valence-corrected chi connectivity index (χ1v) is 6.43. The maximum absolute atomic E-state index is 12.0. The van der Waals surface area contributed by atoms with Gasteiger partial charge in [-0.2, -0.15) is 0 Å². The van der Waals surface area contributed by atoms with Gasteiger partial charge < -0.3 is 10.2 Å². The fraction of sp³-hybridized carbons (Fsp3) is 0.467. The molecular formula is C15H22N2O2. The van der Waals surface area contributed by atoms with Crippen molar-refractivity contribution in [3.05, 3.63) is 24.3 Å². The van der Waals surface area contributed by atoms with E-state index in [-0.39, 0.29) is 17.2 Å². The van der Waals surface area contributed by atoms with Crippen LogP contribution in [0, 0.1) is 5.41 Å². The number of carbonyl (C=O) groups excluding carboxylic acids is 2. The van der Waals surface area contributed by atoms with Crippen molar-refractivity contribution in [3.8, 4) is 0 Å². The number of anilines is 2. The largest absolute Gasteiger partial charge is 0.326 e. The standard InChI is InChI=1S/C15H22N2O2/c1-6-15(3,4)14(19)16-12-7-9-13(10-8-12)17(5)11(2)18/h7-10H,6H2,1-5H3,(H,16,19). The lowest BCUT2D eigenvalue weighted by Gasteiger charge is -2.22. The maximum atomic E-state index is 12.0. The SMILES string of the molecule is CCC(C)(C)C(=O)Nc1ccc(N(C)C(C)=O)cc1. The summed E-state index contributed by atoms with van der Waals surface area (Å²) in [6, 6.07) is 7.24. The summed E-state index contributed by atoms with van der Waals surface area (Å²) in [4.78, 5) is 24.8. The summed E-state index contributed by atoms with van der Waals surface area (Å²) in [5.41, 5.74) is 1.17. The van der Waals surface area contributed by atoms with Crippen molar-refractivity contribution >= 4 is 23.2 Å². The third-order valence-corrected chi connectivity index (χ3v) is 3.48. The molecule has 1 aromatic rings. The molecule has 2 amide bonds. The summed E-state index contributed by atoms with van der Waals surface area (Å²) >= 11 is 0. The van der Waals surface area contributed by atoms with E-state index in [0.717, 1.165) is 17.8 Å². The number of hydrogen-bond acceptors (Lipinski definition) is 2. The number of hydrogen-bond donors (Lipinski definition) is 1. The minimum Gasteiger partial charge on any atom is -0.326 e. The van der Waals surface area contributed by atoms with E-state index in [1.165, 1.54) is 6.92 Å². The molecule has 0 aliphatic rings.